The first-order chi connectivity index (χ1) is 6.86. The van der Waals surface area contributed by atoms with Crippen LogP contribution in [0.4, 0.5) is 5.82 Å². The van der Waals surface area contributed by atoms with Crippen molar-refractivity contribution in [3.8, 4) is 0 Å². The van der Waals surface area contributed by atoms with Gasteiger partial charge in [-0.15, -0.1) is 0 Å². The average Bonchev–Trinajstić information content (AvgIpc) is 2.24. The number of benzene rings is 1. The van der Waals surface area contributed by atoms with E-state index in [0.717, 1.165) is 18.8 Å². The first kappa shape index (κ1) is 7.80. The van der Waals surface area contributed by atoms with E-state index in [4.69, 9.17) is 0 Å². The molecular formula is C12H12N2. The summed E-state index contributed by atoms with van der Waals surface area (Å²) >= 11 is 0. The van der Waals surface area contributed by atoms with Crippen molar-refractivity contribution in [2.45, 2.75) is 13.3 Å². The number of nitrogens with zero attached hydrogens (tertiary/aromatic N) is 1. The van der Waals surface area contributed by atoms with Crippen LogP contribution in [0.3, 0.4) is 0 Å². The third-order valence-corrected chi connectivity index (χ3v) is 2.92. The maximum atomic E-state index is 4.37. The Bertz CT molecular complexity index is 493. The highest BCUT2D eigenvalue weighted by molar-refractivity contribution is 5.97. The molecule has 2 nitrogen and oxygen atoms in total. The summed E-state index contributed by atoms with van der Waals surface area (Å²) in [5.41, 5.74) is 2.75. The van der Waals surface area contributed by atoms with Crippen molar-refractivity contribution in [1.29, 1.82) is 0 Å². The van der Waals surface area contributed by atoms with E-state index >= 15 is 0 Å². The molecule has 0 fully saturated rings. The van der Waals surface area contributed by atoms with Crippen LogP contribution in [0.15, 0.2) is 24.4 Å². The third kappa shape index (κ3) is 0.939. The zero-order valence-corrected chi connectivity index (χ0v) is 8.17. The fraction of sp³-hybridized carbons (Fsp3) is 0.250. The smallest absolute Gasteiger partial charge is 0.134 e. The van der Waals surface area contributed by atoms with Gasteiger partial charge in [0.15, 0.2) is 0 Å². The van der Waals surface area contributed by atoms with Crippen LogP contribution in [0.1, 0.15) is 11.1 Å². The van der Waals surface area contributed by atoms with E-state index in [1.165, 1.54) is 21.9 Å². The van der Waals surface area contributed by atoms with Crippen LogP contribution in [-0.2, 0) is 6.42 Å². The van der Waals surface area contributed by atoms with E-state index in [0.29, 0.717) is 0 Å². The zero-order valence-electron chi connectivity index (χ0n) is 8.17. The Kier molecular flexibility index (Phi) is 1.51. The molecule has 1 aromatic heterocycles. The zero-order chi connectivity index (χ0) is 9.54. The summed E-state index contributed by atoms with van der Waals surface area (Å²) in [6, 6.07) is 6.53. The van der Waals surface area contributed by atoms with Crippen molar-refractivity contribution in [2.24, 2.45) is 0 Å². The molecule has 0 saturated heterocycles. The van der Waals surface area contributed by atoms with Gasteiger partial charge in [0.05, 0.1) is 0 Å². The molecule has 0 atom stereocenters. The second-order valence-corrected chi connectivity index (χ2v) is 3.80. The average molecular weight is 184 g/mol. The fourth-order valence-electron chi connectivity index (χ4n) is 2.17. The van der Waals surface area contributed by atoms with Crippen LogP contribution < -0.4 is 5.32 Å². The van der Waals surface area contributed by atoms with Crippen molar-refractivity contribution >= 4 is 16.6 Å². The molecule has 2 heteroatoms. The molecule has 1 aromatic carbocycles. The van der Waals surface area contributed by atoms with Crippen LogP contribution in [0, 0.1) is 6.92 Å². The van der Waals surface area contributed by atoms with Gasteiger partial charge in [0, 0.05) is 18.1 Å². The van der Waals surface area contributed by atoms with E-state index in [-0.39, 0.29) is 0 Å². The summed E-state index contributed by atoms with van der Waals surface area (Å²) < 4.78 is 0. The number of anilines is 1. The van der Waals surface area contributed by atoms with Crippen LogP contribution in [0.2, 0.25) is 0 Å². The molecule has 1 aliphatic rings. The number of hydrogen-bond acceptors (Lipinski definition) is 2. The highest BCUT2D eigenvalue weighted by Gasteiger charge is 2.12. The van der Waals surface area contributed by atoms with Crippen LogP contribution in [0.5, 0.6) is 0 Å². The lowest BCUT2D eigenvalue weighted by molar-refractivity contribution is 0.994. The van der Waals surface area contributed by atoms with E-state index in [1.807, 2.05) is 6.20 Å². The number of nitrogens with one attached hydrogen (secondary N) is 1. The summed E-state index contributed by atoms with van der Waals surface area (Å²) in [7, 11) is 0. The van der Waals surface area contributed by atoms with Crippen LogP contribution >= 0.6 is 0 Å². The molecule has 0 radical (unpaired) electrons. The lowest BCUT2D eigenvalue weighted by Crippen LogP contribution is -2.12. The van der Waals surface area contributed by atoms with Crippen LogP contribution in [0.25, 0.3) is 10.8 Å². The van der Waals surface area contributed by atoms with Gasteiger partial charge >= 0.3 is 0 Å². The number of pyridine rings is 1. The predicted octanol–water partition coefficient (Wildman–Crippen LogP) is 2.51. The topological polar surface area (TPSA) is 24.9 Å². The van der Waals surface area contributed by atoms with E-state index in [1.54, 1.807) is 0 Å². The largest absolute Gasteiger partial charge is 0.369 e. The summed E-state index contributed by atoms with van der Waals surface area (Å²) in [6.07, 6.45) is 2.99. The van der Waals surface area contributed by atoms with Crippen molar-refractivity contribution in [3.05, 3.63) is 35.5 Å². The quantitative estimate of drug-likeness (QED) is 0.680. The molecule has 3 rings (SSSR count). The van der Waals surface area contributed by atoms with Gasteiger partial charge in [0.2, 0.25) is 0 Å². The second-order valence-electron chi connectivity index (χ2n) is 3.80. The van der Waals surface area contributed by atoms with Gasteiger partial charge in [-0.2, -0.15) is 0 Å². The Hall–Kier alpha value is -1.57. The number of aryl methyl sites for hydroxylation is 1. The van der Waals surface area contributed by atoms with Gasteiger partial charge in [0.25, 0.3) is 0 Å². The van der Waals surface area contributed by atoms with Gasteiger partial charge in [-0.3, -0.25) is 0 Å². The normalized spacial score (nSPS) is 14.1. The number of hydrogen-bond donors (Lipinski definition) is 1. The number of aromatic nitrogens is 1. The number of rotatable bonds is 0. The van der Waals surface area contributed by atoms with E-state index in [9.17, 15) is 0 Å². The highest BCUT2D eigenvalue weighted by atomic mass is 15.0. The lowest BCUT2D eigenvalue weighted by atomic mass is 9.97. The molecule has 1 N–H and O–H groups in total. The fourth-order valence-corrected chi connectivity index (χ4v) is 2.17. The van der Waals surface area contributed by atoms with Crippen molar-refractivity contribution in [2.75, 3.05) is 11.9 Å². The molecule has 2 aromatic rings. The Morgan fingerprint density at radius 2 is 2.21 bits per heavy atom. The lowest BCUT2D eigenvalue weighted by Gasteiger charge is -2.18. The van der Waals surface area contributed by atoms with Crippen LogP contribution in [-0.4, -0.2) is 11.5 Å². The highest BCUT2D eigenvalue weighted by Crippen LogP contribution is 2.30. The first-order valence-corrected chi connectivity index (χ1v) is 4.97. The van der Waals surface area contributed by atoms with Gasteiger partial charge in [-0.1, -0.05) is 12.1 Å². The van der Waals surface area contributed by atoms with Crippen molar-refractivity contribution in [3.63, 3.8) is 0 Å². The molecule has 0 bridgehead atoms. The Balaban J connectivity index is 2.51. The molecule has 0 saturated carbocycles. The SMILES string of the molecule is Cc1ccc2c3c(nccc13)NCC2. The van der Waals surface area contributed by atoms with Crippen molar-refractivity contribution < 1.29 is 0 Å². The minimum atomic E-state index is 1.00. The maximum Gasteiger partial charge on any atom is 0.134 e. The van der Waals surface area contributed by atoms with E-state index in [2.05, 4.69) is 35.4 Å². The minimum Gasteiger partial charge on any atom is -0.369 e. The molecule has 0 spiro atoms. The maximum absolute atomic E-state index is 4.37. The molecule has 0 amide bonds. The van der Waals surface area contributed by atoms with Crippen molar-refractivity contribution in [1.82, 2.24) is 4.98 Å². The third-order valence-electron chi connectivity index (χ3n) is 2.92. The molecule has 0 aliphatic carbocycles. The van der Waals surface area contributed by atoms with E-state index < -0.39 is 0 Å². The molecular weight excluding hydrogens is 172 g/mol. The molecule has 2 heterocycles. The Morgan fingerprint density at radius 3 is 3.14 bits per heavy atom. The summed E-state index contributed by atoms with van der Waals surface area (Å²) in [5, 5.41) is 5.99. The molecule has 14 heavy (non-hydrogen) atoms. The van der Waals surface area contributed by atoms with Gasteiger partial charge in [0.1, 0.15) is 5.82 Å². The summed E-state index contributed by atoms with van der Waals surface area (Å²) in [6.45, 7) is 3.15. The molecule has 70 valence electrons. The van der Waals surface area contributed by atoms with Gasteiger partial charge in [-0.25, -0.2) is 4.98 Å². The Labute approximate surface area is 83.0 Å². The minimum absolute atomic E-state index is 1.00. The first-order valence-electron chi connectivity index (χ1n) is 4.97. The molecule has 0 unspecified atom stereocenters. The monoisotopic (exact) mass is 184 g/mol. The van der Waals surface area contributed by atoms with Gasteiger partial charge in [-0.05, 0) is 35.9 Å². The molecule has 1 aliphatic heterocycles. The summed E-state index contributed by atoms with van der Waals surface area (Å²) in [4.78, 5) is 4.37. The second kappa shape index (κ2) is 2.71. The standard InChI is InChI=1S/C12H12N2/c1-8-2-3-9-4-6-13-12-11(9)10(8)5-7-14-12/h2-3,5,7H,4,6H2,1H3,(H,13,14). The Morgan fingerprint density at radius 1 is 1.29 bits per heavy atom. The predicted molar refractivity (Wildman–Crippen MR) is 58.7 cm³/mol. The van der Waals surface area contributed by atoms with Gasteiger partial charge < -0.3 is 5.32 Å². The summed E-state index contributed by atoms with van der Waals surface area (Å²) in [5.74, 6) is 1.05.